The molecule has 1 aliphatic rings. The number of nitrogens with one attached hydrogen (secondary N) is 1. The Morgan fingerprint density at radius 3 is 2.00 bits per heavy atom. The number of rotatable bonds is 3. The van der Waals surface area contributed by atoms with Crippen molar-refractivity contribution in [2.45, 2.75) is 64.5 Å². The molecule has 1 fully saturated rings. The highest BCUT2D eigenvalue weighted by Crippen LogP contribution is 2.41. The van der Waals surface area contributed by atoms with E-state index >= 15 is 0 Å². The summed E-state index contributed by atoms with van der Waals surface area (Å²) in [5, 5.41) is 2.71. The molecule has 1 heterocycles. The van der Waals surface area contributed by atoms with Crippen LogP contribution in [-0.4, -0.2) is 48.5 Å². The van der Waals surface area contributed by atoms with Gasteiger partial charge in [0.2, 0.25) is 0 Å². The van der Waals surface area contributed by atoms with Crippen molar-refractivity contribution in [1.82, 2.24) is 10.2 Å². The number of halogens is 3. The Morgan fingerprint density at radius 2 is 1.55 bits per heavy atom. The molecule has 0 bridgehead atoms. The van der Waals surface area contributed by atoms with Crippen molar-refractivity contribution in [3.63, 3.8) is 0 Å². The fraction of sp³-hybridized carbons (Fsp3) is 0.619. The topological polar surface area (TPSA) is 77.1 Å². The van der Waals surface area contributed by atoms with Crippen LogP contribution in [0.2, 0.25) is 0 Å². The van der Waals surface area contributed by atoms with Gasteiger partial charge in [-0.15, -0.1) is 0 Å². The molecule has 174 valence electrons. The number of ether oxygens (including phenoxy) is 3. The zero-order chi connectivity index (χ0) is 23.8. The number of alkyl carbamates (subject to hydrolysis) is 1. The molecule has 0 spiro atoms. The van der Waals surface area contributed by atoms with Crippen LogP contribution in [0.3, 0.4) is 0 Å². The van der Waals surface area contributed by atoms with Crippen molar-refractivity contribution in [1.29, 1.82) is 0 Å². The Balaban J connectivity index is 2.38. The van der Waals surface area contributed by atoms with Crippen LogP contribution in [0.4, 0.5) is 22.8 Å². The standard InChI is InChI=1S/C21H29F3N2O5/c1-18(2,3)30-16(27)25-20(11-26(12-20)17(28)31-19(4,5)6)14-9-8-13(21(22,23)24)10-15(14)29-7/h8-10H,11-12H2,1-7H3,(H,25,27). The van der Waals surface area contributed by atoms with Gasteiger partial charge in [-0.05, 0) is 53.7 Å². The molecular formula is C21H29F3N2O5. The van der Waals surface area contributed by atoms with E-state index in [4.69, 9.17) is 14.2 Å². The number of likely N-dealkylation sites (tertiary alicyclic amines) is 1. The van der Waals surface area contributed by atoms with Crippen molar-refractivity contribution < 1.29 is 37.0 Å². The molecule has 10 heteroatoms. The van der Waals surface area contributed by atoms with Crippen LogP contribution in [0.25, 0.3) is 0 Å². The SMILES string of the molecule is COc1cc(C(F)(F)F)ccc1C1(NC(=O)OC(C)(C)C)CN(C(=O)OC(C)(C)C)C1. The number of benzene rings is 1. The van der Waals surface area contributed by atoms with E-state index in [1.54, 1.807) is 41.5 Å². The van der Waals surface area contributed by atoms with Crippen LogP contribution in [-0.2, 0) is 21.2 Å². The number of nitrogens with zero attached hydrogens (tertiary/aromatic N) is 1. The molecule has 0 atom stereocenters. The molecule has 7 nitrogen and oxygen atoms in total. The van der Waals surface area contributed by atoms with Gasteiger partial charge in [0, 0.05) is 5.56 Å². The number of hydrogen-bond acceptors (Lipinski definition) is 5. The summed E-state index contributed by atoms with van der Waals surface area (Å²) < 4.78 is 55.3. The first-order valence-corrected chi connectivity index (χ1v) is 9.71. The third-order valence-electron chi connectivity index (χ3n) is 4.36. The van der Waals surface area contributed by atoms with Gasteiger partial charge in [-0.3, -0.25) is 0 Å². The molecule has 2 rings (SSSR count). The summed E-state index contributed by atoms with van der Waals surface area (Å²) in [4.78, 5) is 26.2. The fourth-order valence-corrected chi connectivity index (χ4v) is 3.14. The Morgan fingerprint density at radius 1 is 1.00 bits per heavy atom. The summed E-state index contributed by atoms with van der Waals surface area (Å²) >= 11 is 0. The van der Waals surface area contributed by atoms with E-state index in [2.05, 4.69) is 5.32 Å². The highest BCUT2D eigenvalue weighted by Gasteiger charge is 2.51. The minimum atomic E-state index is -4.56. The van der Waals surface area contributed by atoms with Crippen molar-refractivity contribution in [2.24, 2.45) is 0 Å². The molecule has 0 unspecified atom stereocenters. The molecule has 0 radical (unpaired) electrons. The van der Waals surface area contributed by atoms with Crippen molar-refractivity contribution in [2.75, 3.05) is 20.2 Å². The number of methoxy groups -OCH3 is 1. The van der Waals surface area contributed by atoms with Crippen LogP contribution in [0.5, 0.6) is 5.75 Å². The van der Waals surface area contributed by atoms with Gasteiger partial charge in [0.1, 0.15) is 22.5 Å². The lowest BCUT2D eigenvalue weighted by atomic mass is 9.81. The lowest BCUT2D eigenvalue weighted by Gasteiger charge is -2.50. The molecule has 1 aromatic rings. The second-order valence-corrected chi connectivity index (χ2v) is 9.46. The Bertz CT molecular complexity index is 835. The predicted octanol–water partition coefficient (Wildman–Crippen LogP) is 4.68. The van der Waals surface area contributed by atoms with Crippen LogP contribution < -0.4 is 10.1 Å². The van der Waals surface area contributed by atoms with Crippen molar-refractivity contribution >= 4 is 12.2 Å². The quantitative estimate of drug-likeness (QED) is 0.729. The average Bonchev–Trinajstić information content (AvgIpc) is 2.53. The van der Waals surface area contributed by atoms with Crippen LogP contribution in [0.15, 0.2) is 18.2 Å². The van der Waals surface area contributed by atoms with E-state index in [1.807, 2.05) is 0 Å². The summed E-state index contributed by atoms with van der Waals surface area (Å²) in [6, 6.07) is 3.02. The molecule has 0 saturated carbocycles. The molecule has 1 aliphatic heterocycles. The van der Waals surface area contributed by atoms with Gasteiger partial charge in [0.05, 0.1) is 25.8 Å². The normalized spacial score (nSPS) is 16.3. The van der Waals surface area contributed by atoms with Crippen LogP contribution >= 0.6 is 0 Å². The number of hydrogen-bond donors (Lipinski definition) is 1. The van der Waals surface area contributed by atoms with Gasteiger partial charge in [-0.25, -0.2) is 9.59 Å². The smallest absolute Gasteiger partial charge is 0.416 e. The Hall–Kier alpha value is -2.65. The van der Waals surface area contributed by atoms with E-state index in [-0.39, 0.29) is 18.8 Å². The first kappa shape index (κ1) is 24.6. The average molecular weight is 446 g/mol. The van der Waals surface area contributed by atoms with Gasteiger partial charge in [0.25, 0.3) is 0 Å². The summed E-state index contributed by atoms with van der Waals surface area (Å²) in [6.45, 7) is 10.2. The van der Waals surface area contributed by atoms with Gasteiger partial charge >= 0.3 is 18.4 Å². The zero-order valence-corrected chi connectivity index (χ0v) is 18.8. The first-order chi connectivity index (χ1) is 14.0. The number of amides is 2. The molecule has 2 amide bonds. The molecule has 0 aromatic heterocycles. The number of alkyl halides is 3. The summed E-state index contributed by atoms with van der Waals surface area (Å²) in [5.41, 5.74) is -3.30. The zero-order valence-electron chi connectivity index (χ0n) is 18.8. The maximum atomic E-state index is 13.1. The monoisotopic (exact) mass is 446 g/mol. The minimum absolute atomic E-state index is 0.0249. The van der Waals surface area contributed by atoms with E-state index in [0.717, 1.165) is 12.1 Å². The third kappa shape index (κ3) is 6.18. The Labute approximate surface area is 179 Å². The first-order valence-electron chi connectivity index (χ1n) is 9.71. The highest BCUT2D eigenvalue weighted by molar-refractivity contribution is 5.74. The second-order valence-electron chi connectivity index (χ2n) is 9.46. The van der Waals surface area contributed by atoms with E-state index in [0.29, 0.717) is 5.56 Å². The Kier molecular flexibility index (Phi) is 6.45. The van der Waals surface area contributed by atoms with E-state index < -0.39 is 40.7 Å². The van der Waals surface area contributed by atoms with Crippen LogP contribution in [0, 0.1) is 0 Å². The lowest BCUT2D eigenvalue weighted by Crippen LogP contribution is -2.69. The van der Waals surface area contributed by atoms with Crippen molar-refractivity contribution in [3.8, 4) is 5.75 Å². The van der Waals surface area contributed by atoms with Gasteiger partial charge in [0.15, 0.2) is 0 Å². The summed E-state index contributed by atoms with van der Waals surface area (Å²) in [6.07, 6.45) is -5.92. The largest absolute Gasteiger partial charge is 0.496 e. The maximum absolute atomic E-state index is 13.1. The van der Waals surface area contributed by atoms with Crippen LogP contribution in [0.1, 0.15) is 52.7 Å². The molecule has 31 heavy (non-hydrogen) atoms. The maximum Gasteiger partial charge on any atom is 0.416 e. The number of carbonyl (C=O) groups excluding carboxylic acids is 2. The summed E-state index contributed by atoms with van der Waals surface area (Å²) in [5.74, 6) is -0.0604. The van der Waals surface area contributed by atoms with E-state index in [1.165, 1.54) is 18.1 Å². The molecular weight excluding hydrogens is 417 g/mol. The third-order valence-corrected chi connectivity index (χ3v) is 4.36. The lowest BCUT2D eigenvalue weighted by molar-refractivity contribution is -0.137. The van der Waals surface area contributed by atoms with E-state index in [9.17, 15) is 22.8 Å². The fourth-order valence-electron chi connectivity index (χ4n) is 3.14. The minimum Gasteiger partial charge on any atom is -0.496 e. The molecule has 1 saturated heterocycles. The highest BCUT2D eigenvalue weighted by atomic mass is 19.4. The van der Waals surface area contributed by atoms with Gasteiger partial charge in [-0.2, -0.15) is 13.2 Å². The van der Waals surface area contributed by atoms with Crippen molar-refractivity contribution in [3.05, 3.63) is 29.3 Å². The predicted molar refractivity (Wildman–Crippen MR) is 107 cm³/mol. The second kappa shape index (κ2) is 8.12. The molecule has 0 aliphatic carbocycles. The van der Waals surface area contributed by atoms with Gasteiger partial charge < -0.3 is 24.4 Å². The summed E-state index contributed by atoms with van der Waals surface area (Å²) in [7, 11) is 1.24. The number of carbonyl (C=O) groups is 2. The van der Waals surface area contributed by atoms with Gasteiger partial charge in [-0.1, -0.05) is 6.07 Å². The molecule has 1 N–H and O–H groups in total. The molecule has 1 aromatic carbocycles.